The summed E-state index contributed by atoms with van der Waals surface area (Å²) in [6, 6.07) is 0. The van der Waals surface area contributed by atoms with Crippen LogP contribution in [0.15, 0.2) is 36.5 Å². The molecule has 1 nitrogen and oxygen atoms in total. The third-order valence-electron chi connectivity index (χ3n) is 1.20. The molecule has 0 atom stereocenters. The van der Waals surface area contributed by atoms with Crippen molar-refractivity contribution in [2.24, 2.45) is 5.73 Å². The van der Waals surface area contributed by atoms with Crippen LogP contribution < -0.4 is 5.73 Å². The van der Waals surface area contributed by atoms with E-state index in [2.05, 4.69) is 6.58 Å². The fourth-order valence-electron chi connectivity index (χ4n) is 0.593. The molecule has 2 N–H and O–H groups in total. The first-order valence-electron chi connectivity index (χ1n) is 3.45. The first kappa shape index (κ1) is 10.3. The van der Waals surface area contributed by atoms with E-state index in [0.717, 1.165) is 10.4 Å². The number of hydrogen-bond donors (Lipinski definition) is 1. The minimum absolute atomic E-state index is 0.407. The maximum absolute atomic E-state index is 5.37. The van der Waals surface area contributed by atoms with Crippen molar-refractivity contribution in [1.82, 2.24) is 0 Å². The summed E-state index contributed by atoms with van der Waals surface area (Å²) in [7, 11) is 0. The Morgan fingerprint density at radius 2 is 2.27 bits per heavy atom. The lowest BCUT2D eigenvalue weighted by atomic mass is 10.1. The zero-order valence-electron chi connectivity index (χ0n) is 6.71. The van der Waals surface area contributed by atoms with Crippen molar-refractivity contribution in [3.05, 3.63) is 36.5 Å². The van der Waals surface area contributed by atoms with Crippen LogP contribution in [0.1, 0.15) is 6.92 Å². The van der Waals surface area contributed by atoms with Gasteiger partial charge in [0.15, 0.2) is 0 Å². The third-order valence-corrected chi connectivity index (χ3v) is 1.60. The number of rotatable bonds is 4. The Balaban J connectivity index is 4.38. The molecule has 11 heavy (non-hydrogen) atoms. The minimum atomic E-state index is 0.407. The van der Waals surface area contributed by atoms with Gasteiger partial charge in [0, 0.05) is 11.4 Å². The molecule has 60 valence electrons. The summed E-state index contributed by atoms with van der Waals surface area (Å²) >= 11 is 4.99. The predicted molar refractivity (Wildman–Crippen MR) is 54.7 cm³/mol. The Hall–Kier alpha value is -0.730. The summed E-state index contributed by atoms with van der Waals surface area (Å²) in [6.07, 6.45) is 7.47. The van der Waals surface area contributed by atoms with Gasteiger partial charge in [-0.15, -0.1) is 0 Å². The topological polar surface area (TPSA) is 26.0 Å². The van der Waals surface area contributed by atoms with E-state index in [-0.39, 0.29) is 0 Å². The van der Waals surface area contributed by atoms with Crippen molar-refractivity contribution >= 4 is 17.1 Å². The second kappa shape index (κ2) is 6.01. The fraction of sp³-hybridized carbons (Fsp3) is 0.222. The van der Waals surface area contributed by atoms with Crippen LogP contribution in [0.4, 0.5) is 0 Å². The highest BCUT2D eigenvalue weighted by molar-refractivity contribution is 7.81. The highest BCUT2D eigenvalue weighted by Gasteiger charge is 1.94. The lowest BCUT2D eigenvalue weighted by Crippen LogP contribution is -2.12. The maximum Gasteiger partial charge on any atom is 0.0360 e. The summed E-state index contributed by atoms with van der Waals surface area (Å²) < 4.78 is 0. The lowest BCUT2D eigenvalue weighted by Gasteiger charge is -1.98. The summed E-state index contributed by atoms with van der Waals surface area (Å²) in [5.41, 5.74) is 6.30. The summed E-state index contributed by atoms with van der Waals surface area (Å²) in [4.78, 5) is 0.748. The van der Waals surface area contributed by atoms with Crippen LogP contribution in [0.25, 0.3) is 0 Å². The average Bonchev–Trinajstić information content (AvgIpc) is 2.05. The molecular weight excluding hydrogens is 154 g/mol. The summed E-state index contributed by atoms with van der Waals surface area (Å²) in [5.74, 6) is 0. The molecule has 0 aliphatic carbocycles. The molecule has 0 fully saturated rings. The van der Waals surface area contributed by atoms with Gasteiger partial charge in [-0.1, -0.05) is 43.1 Å². The molecule has 0 spiro atoms. The molecule has 0 rings (SSSR count). The number of allylic oxidation sites excluding steroid dienone is 4. The van der Waals surface area contributed by atoms with Gasteiger partial charge in [-0.2, -0.15) is 0 Å². The largest absolute Gasteiger partial charge is 0.326 e. The van der Waals surface area contributed by atoms with Gasteiger partial charge in [-0.05, 0) is 12.5 Å². The van der Waals surface area contributed by atoms with Gasteiger partial charge in [0.1, 0.15) is 0 Å². The van der Waals surface area contributed by atoms with Gasteiger partial charge >= 0.3 is 0 Å². The van der Waals surface area contributed by atoms with E-state index in [9.17, 15) is 0 Å². The van der Waals surface area contributed by atoms with Crippen molar-refractivity contribution < 1.29 is 0 Å². The van der Waals surface area contributed by atoms with Crippen LogP contribution in [0.5, 0.6) is 0 Å². The second-order valence-electron chi connectivity index (χ2n) is 1.98. The Labute approximate surface area is 73.3 Å². The van der Waals surface area contributed by atoms with Gasteiger partial charge in [0.2, 0.25) is 0 Å². The highest BCUT2D eigenvalue weighted by atomic mass is 32.1. The van der Waals surface area contributed by atoms with E-state index in [1.54, 1.807) is 6.08 Å². The minimum Gasteiger partial charge on any atom is -0.326 e. The fourth-order valence-corrected chi connectivity index (χ4v) is 0.744. The highest BCUT2D eigenvalue weighted by Crippen LogP contribution is 1.99. The first-order valence-corrected chi connectivity index (χ1v) is 3.85. The molecule has 0 aliphatic heterocycles. The van der Waals surface area contributed by atoms with Gasteiger partial charge in [-0.3, -0.25) is 0 Å². The SMILES string of the molecule is C=C/C(=C\C=C/C)C(=S)CN. The van der Waals surface area contributed by atoms with Gasteiger partial charge < -0.3 is 5.73 Å². The van der Waals surface area contributed by atoms with E-state index >= 15 is 0 Å². The molecular formula is C9H13NS. The van der Waals surface area contributed by atoms with E-state index in [1.165, 1.54) is 0 Å². The molecule has 0 aromatic carbocycles. The van der Waals surface area contributed by atoms with Crippen molar-refractivity contribution in [3.8, 4) is 0 Å². The number of nitrogens with two attached hydrogens (primary N) is 1. The van der Waals surface area contributed by atoms with Crippen LogP contribution >= 0.6 is 12.2 Å². The van der Waals surface area contributed by atoms with Crippen LogP contribution in [-0.2, 0) is 0 Å². The van der Waals surface area contributed by atoms with Crippen LogP contribution in [-0.4, -0.2) is 11.4 Å². The zero-order chi connectivity index (χ0) is 8.69. The molecule has 0 unspecified atom stereocenters. The van der Waals surface area contributed by atoms with Crippen LogP contribution in [0.2, 0.25) is 0 Å². The van der Waals surface area contributed by atoms with Crippen LogP contribution in [0.3, 0.4) is 0 Å². The van der Waals surface area contributed by atoms with E-state index in [0.29, 0.717) is 6.54 Å². The first-order chi connectivity index (χ1) is 5.26. The normalized spacial score (nSPS) is 12.0. The summed E-state index contributed by atoms with van der Waals surface area (Å²) in [5, 5.41) is 0. The molecule has 0 saturated carbocycles. The molecule has 0 radical (unpaired) electrons. The maximum atomic E-state index is 5.37. The Morgan fingerprint density at radius 1 is 1.64 bits per heavy atom. The Morgan fingerprint density at radius 3 is 2.64 bits per heavy atom. The van der Waals surface area contributed by atoms with Crippen molar-refractivity contribution in [1.29, 1.82) is 0 Å². The quantitative estimate of drug-likeness (QED) is 0.394. The van der Waals surface area contributed by atoms with Gasteiger partial charge in [0.05, 0.1) is 0 Å². The van der Waals surface area contributed by atoms with Crippen molar-refractivity contribution in [2.45, 2.75) is 6.92 Å². The molecule has 0 heterocycles. The number of thiocarbonyl (C=S) groups is 1. The predicted octanol–water partition coefficient (Wildman–Crippen LogP) is 2.00. The molecule has 2 heteroatoms. The smallest absolute Gasteiger partial charge is 0.0360 e. The monoisotopic (exact) mass is 167 g/mol. The molecule has 0 aliphatic rings. The third kappa shape index (κ3) is 3.86. The lowest BCUT2D eigenvalue weighted by molar-refractivity contribution is 1.33. The second-order valence-corrected chi connectivity index (χ2v) is 2.47. The molecule has 0 bridgehead atoms. The molecule has 0 aromatic heterocycles. The van der Waals surface area contributed by atoms with E-state index < -0.39 is 0 Å². The van der Waals surface area contributed by atoms with Crippen molar-refractivity contribution in [3.63, 3.8) is 0 Å². The Bertz CT molecular complexity index is 202. The Kier molecular flexibility index (Phi) is 5.61. The van der Waals surface area contributed by atoms with E-state index in [1.807, 2.05) is 25.2 Å². The van der Waals surface area contributed by atoms with Crippen LogP contribution in [0, 0.1) is 0 Å². The average molecular weight is 167 g/mol. The molecule has 0 saturated heterocycles. The van der Waals surface area contributed by atoms with E-state index in [4.69, 9.17) is 18.0 Å². The molecule has 0 aromatic rings. The molecule has 0 amide bonds. The summed E-state index contributed by atoms with van der Waals surface area (Å²) in [6.45, 7) is 5.99. The zero-order valence-corrected chi connectivity index (χ0v) is 7.53. The standard InChI is InChI=1S/C9H13NS/c1-3-5-6-8(4-2)9(11)7-10/h3-6H,2,7,10H2,1H3/b5-3-,8-6+. The van der Waals surface area contributed by atoms with Gasteiger partial charge in [0.25, 0.3) is 0 Å². The van der Waals surface area contributed by atoms with Gasteiger partial charge in [-0.25, -0.2) is 0 Å². The number of hydrogen-bond acceptors (Lipinski definition) is 2. The van der Waals surface area contributed by atoms with Crippen molar-refractivity contribution in [2.75, 3.05) is 6.54 Å².